The van der Waals surface area contributed by atoms with E-state index < -0.39 is 11.5 Å². The van der Waals surface area contributed by atoms with Crippen LogP contribution in [0.2, 0.25) is 0 Å². The van der Waals surface area contributed by atoms with Gasteiger partial charge in [0.15, 0.2) is 5.60 Å². The maximum absolute atomic E-state index is 12.2. The van der Waals surface area contributed by atoms with Crippen LogP contribution in [0, 0.1) is 0 Å². The van der Waals surface area contributed by atoms with Crippen molar-refractivity contribution in [1.29, 1.82) is 0 Å². The summed E-state index contributed by atoms with van der Waals surface area (Å²) in [4.78, 5) is 15.3. The number of aliphatic hydroxyl groups is 1. The number of fused-ring (bicyclic) bond motifs is 1. The third-order valence-electron chi connectivity index (χ3n) is 3.77. The highest BCUT2D eigenvalue weighted by molar-refractivity contribution is 5.99. The van der Waals surface area contributed by atoms with Crippen molar-refractivity contribution in [2.45, 2.75) is 12.5 Å². The number of hydrogen-bond acceptors (Lipinski definition) is 3. The predicted octanol–water partition coefficient (Wildman–Crippen LogP) is 2.53. The Morgan fingerprint density at radius 3 is 2.65 bits per heavy atom. The first-order valence-electron chi connectivity index (χ1n) is 7.26. The molecule has 3 aromatic rings. The second kappa shape index (κ2) is 6.06. The Kier molecular flexibility index (Phi) is 3.95. The smallest absolute Gasteiger partial charge is 0.276 e. The molecule has 2 aromatic carbocycles. The summed E-state index contributed by atoms with van der Waals surface area (Å²) in [5, 5.41) is 15.4. The molecule has 1 aromatic heterocycles. The van der Waals surface area contributed by atoms with Crippen molar-refractivity contribution in [3.63, 3.8) is 0 Å². The van der Waals surface area contributed by atoms with Crippen LogP contribution in [0.15, 0.2) is 65.9 Å². The standard InChI is InChI=1S/C18H17N3O2/c1-18(23,14-7-3-2-4-8-14)17(22)21-20-12-13-11-19-16-10-6-5-9-15(13)16/h2-12,19,23H,1H3,(H,21,22)/b20-12+/t18-/m0/s1. The van der Waals surface area contributed by atoms with Crippen LogP contribution in [-0.4, -0.2) is 22.2 Å². The van der Waals surface area contributed by atoms with Gasteiger partial charge in [-0.25, -0.2) is 5.43 Å². The molecule has 3 rings (SSSR count). The number of aromatic amines is 1. The lowest BCUT2D eigenvalue weighted by Crippen LogP contribution is -2.40. The number of hydrogen-bond donors (Lipinski definition) is 3. The van der Waals surface area contributed by atoms with Crippen molar-refractivity contribution in [3.8, 4) is 0 Å². The van der Waals surface area contributed by atoms with Crippen molar-refractivity contribution in [2.24, 2.45) is 5.10 Å². The number of carbonyl (C=O) groups is 1. The largest absolute Gasteiger partial charge is 0.375 e. The van der Waals surface area contributed by atoms with Gasteiger partial charge in [0.05, 0.1) is 6.21 Å². The van der Waals surface area contributed by atoms with Gasteiger partial charge in [-0.3, -0.25) is 4.79 Å². The van der Waals surface area contributed by atoms with Gasteiger partial charge >= 0.3 is 0 Å². The molecular formula is C18H17N3O2. The first kappa shape index (κ1) is 15.0. The molecule has 1 atom stereocenters. The minimum absolute atomic E-state index is 0.514. The molecule has 0 aliphatic carbocycles. The number of nitrogens with one attached hydrogen (secondary N) is 2. The van der Waals surface area contributed by atoms with E-state index in [2.05, 4.69) is 15.5 Å². The van der Waals surface area contributed by atoms with Gasteiger partial charge in [0.1, 0.15) is 0 Å². The Morgan fingerprint density at radius 2 is 1.87 bits per heavy atom. The van der Waals surface area contributed by atoms with E-state index in [4.69, 9.17) is 0 Å². The van der Waals surface area contributed by atoms with Crippen LogP contribution in [0.1, 0.15) is 18.1 Å². The van der Waals surface area contributed by atoms with Crippen LogP contribution in [0.3, 0.4) is 0 Å². The monoisotopic (exact) mass is 307 g/mol. The third kappa shape index (κ3) is 3.00. The van der Waals surface area contributed by atoms with Crippen LogP contribution in [0.5, 0.6) is 0 Å². The molecule has 116 valence electrons. The number of aromatic nitrogens is 1. The summed E-state index contributed by atoms with van der Waals surface area (Å²) < 4.78 is 0. The maximum atomic E-state index is 12.2. The highest BCUT2D eigenvalue weighted by Crippen LogP contribution is 2.20. The van der Waals surface area contributed by atoms with Gasteiger partial charge in [0.2, 0.25) is 0 Å². The summed E-state index contributed by atoms with van der Waals surface area (Å²) in [6, 6.07) is 16.6. The van der Waals surface area contributed by atoms with Crippen molar-refractivity contribution in [2.75, 3.05) is 0 Å². The van der Waals surface area contributed by atoms with Gasteiger partial charge in [-0.15, -0.1) is 0 Å². The number of hydrazone groups is 1. The molecule has 1 amide bonds. The first-order chi connectivity index (χ1) is 11.1. The van der Waals surface area contributed by atoms with Gasteiger partial charge in [-0.2, -0.15) is 5.10 Å². The molecule has 0 fully saturated rings. The zero-order valence-electron chi connectivity index (χ0n) is 12.7. The summed E-state index contributed by atoms with van der Waals surface area (Å²) in [5.74, 6) is -0.584. The first-order valence-corrected chi connectivity index (χ1v) is 7.26. The lowest BCUT2D eigenvalue weighted by molar-refractivity contribution is -0.138. The molecular weight excluding hydrogens is 290 g/mol. The van der Waals surface area contributed by atoms with Gasteiger partial charge in [0.25, 0.3) is 5.91 Å². The van der Waals surface area contributed by atoms with E-state index in [9.17, 15) is 9.90 Å². The zero-order chi connectivity index (χ0) is 16.3. The number of nitrogens with zero attached hydrogens (tertiary/aromatic N) is 1. The summed E-state index contributed by atoms with van der Waals surface area (Å²) in [5.41, 5.74) is 3.12. The van der Waals surface area contributed by atoms with Gasteiger partial charge in [-0.05, 0) is 18.6 Å². The topological polar surface area (TPSA) is 77.5 Å². The van der Waals surface area contributed by atoms with Crippen molar-refractivity contribution < 1.29 is 9.90 Å². The Bertz CT molecular complexity index is 851. The van der Waals surface area contributed by atoms with Crippen molar-refractivity contribution >= 4 is 23.0 Å². The number of amides is 1. The molecule has 0 saturated heterocycles. The molecule has 0 unspecified atom stereocenters. The van der Waals surface area contributed by atoms with Gasteiger partial charge < -0.3 is 10.1 Å². The van der Waals surface area contributed by atoms with E-state index in [0.717, 1.165) is 16.5 Å². The van der Waals surface area contributed by atoms with E-state index in [-0.39, 0.29) is 0 Å². The molecule has 5 heteroatoms. The van der Waals surface area contributed by atoms with E-state index in [0.29, 0.717) is 5.56 Å². The van der Waals surface area contributed by atoms with Gasteiger partial charge in [0, 0.05) is 22.7 Å². The van der Waals surface area contributed by atoms with Crippen LogP contribution in [-0.2, 0) is 10.4 Å². The van der Waals surface area contributed by atoms with Crippen LogP contribution >= 0.6 is 0 Å². The van der Waals surface area contributed by atoms with Crippen molar-refractivity contribution in [3.05, 3.63) is 71.9 Å². The summed E-state index contributed by atoms with van der Waals surface area (Å²) in [6.07, 6.45) is 3.37. The van der Waals surface area contributed by atoms with Crippen LogP contribution < -0.4 is 5.43 Å². The summed E-state index contributed by atoms with van der Waals surface area (Å²) in [6.45, 7) is 1.44. The molecule has 0 saturated carbocycles. The molecule has 5 nitrogen and oxygen atoms in total. The lowest BCUT2D eigenvalue weighted by Gasteiger charge is -2.21. The quantitative estimate of drug-likeness (QED) is 0.511. The molecule has 0 bridgehead atoms. The van der Waals surface area contributed by atoms with E-state index in [1.165, 1.54) is 6.92 Å². The minimum atomic E-state index is -1.64. The van der Waals surface area contributed by atoms with Crippen LogP contribution in [0.4, 0.5) is 0 Å². The zero-order valence-corrected chi connectivity index (χ0v) is 12.7. The number of carbonyl (C=O) groups excluding carboxylic acids is 1. The molecule has 0 spiro atoms. The number of rotatable bonds is 4. The number of benzene rings is 2. The molecule has 3 N–H and O–H groups in total. The second-order valence-corrected chi connectivity index (χ2v) is 5.43. The molecule has 23 heavy (non-hydrogen) atoms. The molecule has 1 heterocycles. The van der Waals surface area contributed by atoms with E-state index in [1.807, 2.05) is 36.5 Å². The average molecular weight is 307 g/mol. The van der Waals surface area contributed by atoms with Gasteiger partial charge in [-0.1, -0.05) is 48.5 Å². The Balaban J connectivity index is 1.74. The normalized spacial score (nSPS) is 14.0. The average Bonchev–Trinajstić information content (AvgIpc) is 2.99. The minimum Gasteiger partial charge on any atom is -0.375 e. The fraction of sp³-hybridized carbons (Fsp3) is 0.111. The Labute approximate surface area is 133 Å². The SMILES string of the molecule is C[C@@](O)(C(=O)N/N=C/c1c[nH]c2ccccc12)c1ccccc1. The Morgan fingerprint density at radius 1 is 1.17 bits per heavy atom. The molecule has 0 aliphatic rings. The van der Waals surface area contributed by atoms with E-state index in [1.54, 1.807) is 30.5 Å². The fourth-order valence-electron chi connectivity index (χ4n) is 2.36. The highest BCUT2D eigenvalue weighted by Gasteiger charge is 2.32. The van der Waals surface area contributed by atoms with Crippen molar-refractivity contribution in [1.82, 2.24) is 10.4 Å². The molecule has 0 aliphatic heterocycles. The highest BCUT2D eigenvalue weighted by atomic mass is 16.3. The predicted molar refractivity (Wildman–Crippen MR) is 90.0 cm³/mol. The van der Waals surface area contributed by atoms with Crippen LogP contribution in [0.25, 0.3) is 10.9 Å². The lowest BCUT2D eigenvalue weighted by atomic mass is 9.95. The fourth-order valence-corrected chi connectivity index (χ4v) is 2.36. The third-order valence-corrected chi connectivity index (χ3v) is 3.77. The maximum Gasteiger partial charge on any atom is 0.276 e. The molecule has 0 radical (unpaired) electrons. The van der Waals surface area contributed by atoms with E-state index >= 15 is 0 Å². The number of para-hydroxylation sites is 1. The summed E-state index contributed by atoms with van der Waals surface area (Å²) in [7, 11) is 0. The Hall–Kier alpha value is -2.92. The summed E-state index contributed by atoms with van der Waals surface area (Å²) >= 11 is 0. The number of H-pyrrole nitrogens is 1. The second-order valence-electron chi connectivity index (χ2n) is 5.43.